The minimum atomic E-state index is 0.0328. The van der Waals surface area contributed by atoms with E-state index in [1.807, 2.05) is 17.2 Å². The molecule has 2 aliphatic rings. The van der Waals surface area contributed by atoms with E-state index in [0.29, 0.717) is 6.42 Å². The summed E-state index contributed by atoms with van der Waals surface area (Å²) in [4.78, 5) is 24.4. The second-order valence-corrected chi connectivity index (χ2v) is 8.02. The maximum Gasteiger partial charge on any atom is 0.223 e. The van der Waals surface area contributed by atoms with Gasteiger partial charge in [-0.25, -0.2) is 9.97 Å². The first-order valence-corrected chi connectivity index (χ1v) is 10.6. The Hall–Kier alpha value is -2.47. The Bertz CT molecular complexity index is 883. The third-order valence-corrected chi connectivity index (χ3v) is 6.08. The van der Waals surface area contributed by atoms with E-state index in [2.05, 4.69) is 29.4 Å². The van der Waals surface area contributed by atoms with Crippen molar-refractivity contribution in [2.45, 2.75) is 58.0 Å². The van der Waals surface area contributed by atoms with Crippen molar-refractivity contribution in [3.8, 4) is 5.75 Å². The zero-order chi connectivity index (χ0) is 20.2. The number of aryl methyl sites for hydroxylation is 2. The molecular formula is C23H30N4O2. The molecule has 6 nitrogen and oxygen atoms in total. The van der Waals surface area contributed by atoms with Crippen molar-refractivity contribution in [3.63, 3.8) is 0 Å². The SMILES string of the molecule is COc1ccc(CCCC(=O)N2CCCC2c2ncc3c(n2)CCNC3)c(C)c1. The maximum absolute atomic E-state index is 12.9. The van der Waals surface area contributed by atoms with Gasteiger partial charge < -0.3 is 15.0 Å². The van der Waals surface area contributed by atoms with Crippen LogP contribution in [0.1, 0.15) is 59.9 Å². The van der Waals surface area contributed by atoms with E-state index < -0.39 is 0 Å². The molecule has 6 heteroatoms. The molecule has 4 rings (SSSR count). The van der Waals surface area contributed by atoms with Crippen LogP contribution in [-0.2, 0) is 24.2 Å². The lowest BCUT2D eigenvalue weighted by atomic mass is 10.0. The molecule has 1 aromatic heterocycles. The molecule has 1 aromatic carbocycles. The summed E-state index contributed by atoms with van der Waals surface area (Å²) in [5.41, 5.74) is 4.82. The van der Waals surface area contributed by atoms with Gasteiger partial charge in [-0.05, 0) is 55.9 Å². The van der Waals surface area contributed by atoms with Crippen LogP contribution in [0.3, 0.4) is 0 Å². The van der Waals surface area contributed by atoms with Crippen LogP contribution in [0.15, 0.2) is 24.4 Å². The van der Waals surface area contributed by atoms with Gasteiger partial charge in [0.05, 0.1) is 13.2 Å². The minimum absolute atomic E-state index is 0.0328. The van der Waals surface area contributed by atoms with Crippen molar-refractivity contribution in [1.29, 1.82) is 0 Å². The predicted octanol–water partition coefficient (Wildman–Crippen LogP) is 3.13. The van der Waals surface area contributed by atoms with Crippen LogP contribution in [0.4, 0.5) is 0 Å². The lowest BCUT2D eigenvalue weighted by Crippen LogP contribution is -2.32. The van der Waals surface area contributed by atoms with Gasteiger partial charge in [0.1, 0.15) is 5.75 Å². The molecule has 1 N–H and O–H groups in total. The maximum atomic E-state index is 12.9. The Labute approximate surface area is 172 Å². The smallest absolute Gasteiger partial charge is 0.223 e. The number of methoxy groups -OCH3 is 1. The summed E-state index contributed by atoms with van der Waals surface area (Å²) in [5.74, 6) is 1.92. The molecule has 3 heterocycles. The summed E-state index contributed by atoms with van der Waals surface area (Å²) in [7, 11) is 1.68. The molecule has 2 aliphatic heterocycles. The summed E-state index contributed by atoms with van der Waals surface area (Å²) in [6.45, 7) is 4.71. The molecule has 1 amide bonds. The largest absolute Gasteiger partial charge is 0.497 e. The lowest BCUT2D eigenvalue weighted by molar-refractivity contribution is -0.132. The first-order chi connectivity index (χ1) is 14.2. The van der Waals surface area contributed by atoms with Crippen LogP contribution < -0.4 is 10.1 Å². The second-order valence-electron chi connectivity index (χ2n) is 8.02. The number of likely N-dealkylation sites (tertiary alicyclic amines) is 1. The average molecular weight is 395 g/mol. The van der Waals surface area contributed by atoms with Gasteiger partial charge in [0.2, 0.25) is 5.91 Å². The monoisotopic (exact) mass is 394 g/mol. The number of aromatic nitrogens is 2. The lowest BCUT2D eigenvalue weighted by Gasteiger charge is -2.25. The normalized spacial score (nSPS) is 18.6. The standard InChI is InChI=1S/C23H30N4O2/c1-16-13-19(29-2)9-8-17(16)5-3-7-22(28)27-12-4-6-21(27)23-25-15-18-14-24-11-10-20(18)26-23/h8-9,13,15,21,24H,3-7,10-12,14H2,1-2H3. The summed E-state index contributed by atoms with van der Waals surface area (Å²) >= 11 is 0. The number of fused-ring (bicyclic) bond motifs is 1. The summed E-state index contributed by atoms with van der Waals surface area (Å²) in [6.07, 6.45) is 7.19. The summed E-state index contributed by atoms with van der Waals surface area (Å²) < 4.78 is 5.27. The van der Waals surface area contributed by atoms with Crippen LogP contribution >= 0.6 is 0 Å². The zero-order valence-corrected chi connectivity index (χ0v) is 17.4. The van der Waals surface area contributed by atoms with Gasteiger partial charge >= 0.3 is 0 Å². The molecule has 2 aromatic rings. The highest BCUT2D eigenvalue weighted by atomic mass is 16.5. The quantitative estimate of drug-likeness (QED) is 0.815. The molecule has 29 heavy (non-hydrogen) atoms. The van der Waals surface area contributed by atoms with Crippen molar-refractivity contribution in [2.75, 3.05) is 20.2 Å². The topological polar surface area (TPSA) is 67.3 Å². The molecule has 154 valence electrons. The Kier molecular flexibility index (Phi) is 6.09. The van der Waals surface area contributed by atoms with Crippen LogP contribution in [-0.4, -0.2) is 41.0 Å². The molecule has 0 radical (unpaired) electrons. The number of nitrogens with zero attached hydrogens (tertiary/aromatic N) is 3. The number of rotatable bonds is 6. The van der Waals surface area contributed by atoms with Gasteiger partial charge in [-0.15, -0.1) is 0 Å². The van der Waals surface area contributed by atoms with E-state index in [-0.39, 0.29) is 11.9 Å². The van der Waals surface area contributed by atoms with Gasteiger partial charge in [-0.2, -0.15) is 0 Å². The number of nitrogens with one attached hydrogen (secondary N) is 1. The van der Waals surface area contributed by atoms with Gasteiger partial charge in [0, 0.05) is 49.9 Å². The second kappa shape index (κ2) is 8.91. The Morgan fingerprint density at radius 3 is 3.10 bits per heavy atom. The van der Waals surface area contributed by atoms with Crippen LogP contribution in [0.2, 0.25) is 0 Å². The van der Waals surface area contributed by atoms with E-state index >= 15 is 0 Å². The van der Waals surface area contributed by atoms with Gasteiger partial charge in [-0.3, -0.25) is 4.79 Å². The van der Waals surface area contributed by atoms with Crippen LogP contribution in [0, 0.1) is 6.92 Å². The van der Waals surface area contributed by atoms with Gasteiger partial charge in [0.15, 0.2) is 5.82 Å². The predicted molar refractivity (Wildman–Crippen MR) is 112 cm³/mol. The average Bonchev–Trinajstić information content (AvgIpc) is 3.24. The van der Waals surface area contributed by atoms with Crippen molar-refractivity contribution in [2.24, 2.45) is 0 Å². The molecule has 1 atom stereocenters. The molecule has 0 bridgehead atoms. The number of hydrogen-bond acceptors (Lipinski definition) is 5. The Morgan fingerprint density at radius 2 is 2.28 bits per heavy atom. The molecular weight excluding hydrogens is 364 g/mol. The third-order valence-electron chi connectivity index (χ3n) is 6.08. The van der Waals surface area contributed by atoms with E-state index in [4.69, 9.17) is 9.72 Å². The highest BCUT2D eigenvalue weighted by molar-refractivity contribution is 5.77. The van der Waals surface area contributed by atoms with Crippen molar-refractivity contribution < 1.29 is 9.53 Å². The number of ether oxygens (including phenoxy) is 1. The van der Waals surface area contributed by atoms with Crippen molar-refractivity contribution >= 4 is 5.91 Å². The summed E-state index contributed by atoms with van der Waals surface area (Å²) in [6, 6.07) is 6.18. The highest BCUT2D eigenvalue weighted by Gasteiger charge is 2.32. The van der Waals surface area contributed by atoms with Crippen LogP contribution in [0.25, 0.3) is 0 Å². The molecule has 1 fully saturated rings. The molecule has 0 aliphatic carbocycles. The number of carbonyl (C=O) groups is 1. The molecule has 1 saturated heterocycles. The first kappa shape index (κ1) is 19.8. The number of amides is 1. The number of hydrogen-bond donors (Lipinski definition) is 1. The van der Waals surface area contributed by atoms with E-state index in [1.165, 1.54) is 16.7 Å². The number of benzene rings is 1. The third kappa shape index (κ3) is 4.42. The zero-order valence-electron chi connectivity index (χ0n) is 17.4. The first-order valence-electron chi connectivity index (χ1n) is 10.6. The Morgan fingerprint density at radius 1 is 1.38 bits per heavy atom. The molecule has 0 spiro atoms. The summed E-state index contributed by atoms with van der Waals surface area (Å²) in [5, 5.41) is 3.35. The van der Waals surface area contributed by atoms with Crippen LogP contribution in [0.5, 0.6) is 5.75 Å². The van der Waals surface area contributed by atoms with Gasteiger partial charge in [-0.1, -0.05) is 6.07 Å². The number of carbonyl (C=O) groups excluding carboxylic acids is 1. The molecule has 0 saturated carbocycles. The fraction of sp³-hybridized carbons (Fsp3) is 0.522. The van der Waals surface area contributed by atoms with Gasteiger partial charge in [0.25, 0.3) is 0 Å². The fourth-order valence-electron chi connectivity index (χ4n) is 4.40. The Balaban J connectivity index is 1.37. The van der Waals surface area contributed by atoms with Crippen molar-refractivity contribution in [1.82, 2.24) is 20.2 Å². The fourth-order valence-corrected chi connectivity index (χ4v) is 4.40. The van der Waals surface area contributed by atoms with E-state index in [1.54, 1.807) is 7.11 Å². The minimum Gasteiger partial charge on any atom is -0.497 e. The van der Waals surface area contributed by atoms with E-state index in [0.717, 1.165) is 69.0 Å². The van der Waals surface area contributed by atoms with E-state index in [9.17, 15) is 4.79 Å². The molecule has 1 unspecified atom stereocenters. The highest BCUT2D eigenvalue weighted by Crippen LogP contribution is 2.31. The van der Waals surface area contributed by atoms with Crippen molar-refractivity contribution in [3.05, 3.63) is 52.6 Å².